The van der Waals surface area contributed by atoms with E-state index >= 15 is 0 Å². The minimum Gasteiger partial charge on any atom is -0.347 e. The van der Waals surface area contributed by atoms with Gasteiger partial charge in [0.05, 0.1) is 0 Å². The van der Waals surface area contributed by atoms with E-state index in [-0.39, 0.29) is 0 Å². The standard InChI is InChI=1S/C10H18N4S/c1-13-4-3-8(7-13)14(2)10-12-6-9(5-11)15-10/h6,8H,3-5,7,11H2,1-2H3. The van der Waals surface area contributed by atoms with Crippen molar-refractivity contribution in [2.75, 3.05) is 32.1 Å². The second-order valence-corrected chi connectivity index (χ2v) is 5.22. The fourth-order valence-electron chi connectivity index (χ4n) is 1.94. The number of anilines is 1. The van der Waals surface area contributed by atoms with Gasteiger partial charge < -0.3 is 15.5 Å². The molecule has 0 bridgehead atoms. The van der Waals surface area contributed by atoms with Gasteiger partial charge in [0.1, 0.15) is 0 Å². The predicted molar refractivity (Wildman–Crippen MR) is 64.3 cm³/mol. The summed E-state index contributed by atoms with van der Waals surface area (Å²) in [6.45, 7) is 2.91. The normalized spacial score (nSPS) is 22.2. The van der Waals surface area contributed by atoms with E-state index < -0.39 is 0 Å². The summed E-state index contributed by atoms with van der Waals surface area (Å²) in [6.07, 6.45) is 3.11. The van der Waals surface area contributed by atoms with Crippen molar-refractivity contribution in [2.45, 2.75) is 19.0 Å². The molecule has 1 aromatic rings. The van der Waals surface area contributed by atoms with Gasteiger partial charge in [-0.05, 0) is 20.0 Å². The maximum Gasteiger partial charge on any atom is 0.185 e. The van der Waals surface area contributed by atoms with E-state index in [1.54, 1.807) is 11.3 Å². The van der Waals surface area contributed by atoms with Crippen molar-refractivity contribution in [3.8, 4) is 0 Å². The Morgan fingerprint density at radius 3 is 3.07 bits per heavy atom. The van der Waals surface area contributed by atoms with E-state index in [1.165, 1.54) is 13.0 Å². The Bertz CT molecular complexity index is 325. The minimum absolute atomic E-state index is 0.593. The molecule has 1 unspecified atom stereocenters. The Labute approximate surface area is 94.7 Å². The second-order valence-electron chi connectivity index (χ2n) is 4.13. The Kier molecular flexibility index (Phi) is 3.23. The van der Waals surface area contributed by atoms with E-state index in [9.17, 15) is 0 Å². The third kappa shape index (κ3) is 2.30. The van der Waals surface area contributed by atoms with Gasteiger partial charge >= 0.3 is 0 Å². The van der Waals surface area contributed by atoms with Gasteiger partial charge in [-0.2, -0.15) is 0 Å². The van der Waals surface area contributed by atoms with Crippen LogP contribution in [0.15, 0.2) is 6.20 Å². The number of thiazole rings is 1. The van der Waals surface area contributed by atoms with E-state index in [0.717, 1.165) is 16.6 Å². The van der Waals surface area contributed by atoms with Crippen LogP contribution in [0.3, 0.4) is 0 Å². The first-order valence-corrected chi connectivity index (χ1v) is 6.08. The van der Waals surface area contributed by atoms with Crippen LogP contribution in [0.2, 0.25) is 0 Å². The van der Waals surface area contributed by atoms with Crippen LogP contribution >= 0.6 is 11.3 Å². The topological polar surface area (TPSA) is 45.4 Å². The van der Waals surface area contributed by atoms with Crippen LogP contribution in [0.1, 0.15) is 11.3 Å². The Hall–Kier alpha value is -0.650. The minimum atomic E-state index is 0.593. The molecule has 84 valence electrons. The predicted octanol–water partition coefficient (Wildman–Crippen LogP) is 0.742. The largest absolute Gasteiger partial charge is 0.347 e. The highest BCUT2D eigenvalue weighted by molar-refractivity contribution is 7.15. The van der Waals surface area contributed by atoms with Crippen molar-refractivity contribution in [3.63, 3.8) is 0 Å². The Morgan fingerprint density at radius 2 is 2.53 bits per heavy atom. The molecule has 0 amide bonds. The lowest BCUT2D eigenvalue weighted by molar-refractivity contribution is 0.409. The van der Waals surface area contributed by atoms with Crippen LogP contribution in [0.5, 0.6) is 0 Å². The van der Waals surface area contributed by atoms with Gasteiger partial charge in [-0.15, -0.1) is 11.3 Å². The molecule has 2 rings (SSSR count). The van der Waals surface area contributed by atoms with Gasteiger partial charge in [0, 0.05) is 37.3 Å². The number of nitrogens with two attached hydrogens (primary N) is 1. The van der Waals surface area contributed by atoms with Crippen molar-refractivity contribution in [3.05, 3.63) is 11.1 Å². The van der Waals surface area contributed by atoms with Crippen molar-refractivity contribution in [1.82, 2.24) is 9.88 Å². The summed E-state index contributed by atoms with van der Waals surface area (Å²) in [4.78, 5) is 10.2. The fraction of sp³-hybridized carbons (Fsp3) is 0.700. The van der Waals surface area contributed by atoms with Crippen molar-refractivity contribution >= 4 is 16.5 Å². The number of nitrogens with zero attached hydrogens (tertiary/aromatic N) is 3. The summed E-state index contributed by atoms with van der Waals surface area (Å²) in [5.74, 6) is 0. The van der Waals surface area contributed by atoms with E-state index in [4.69, 9.17) is 5.73 Å². The molecule has 4 nitrogen and oxygen atoms in total. The molecule has 15 heavy (non-hydrogen) atoms. The first-order chi connectivity index (χ1) is 7.20. The first kappa shape index (κ1) is 10.9. The summed E-state index contributed by atoms with van der Waals surface area (Å²) in [5.41, 5.74) is 5.58. The zero-order chi connectivity index (χ0) is 10.8. The number of rotatable bonds is 3. The molecule has 2 heterocycles. The number of aromatic nitrogens is 1. The number of likely N-dealkylation sites (N-methyl/N-ethyl adjacent to an activating group) is 2. The third-order valence-electron chi connectivity index (χ3n) is 2.96. The van der Waals surface area contributed by atoms with Crippen LogP contribution in [-0.2, 0) is 6.54 Å². The molecule has 1 atom stereocenters. The highest BCUT2D eigenvalue weighted by Gasteiger charge is 2.24. The lowest BCUT2D eigenvalue weighted by Crippen LogP contribution is -2.33. The van der Waals surface area contributed by atoms with Crippen molar-refractivity contribution < 1.29 is 0 Å². The average Bonchev–Trinajstić information content (AvgIpc) is 2.84. The summed E-state index contributed by atoms with van der Waals surface area (Å²) in [5, 5.41) is 1.09. The zero-order valence-electron chi connectivity index (χ0n) is 9.31. The highest BCUT2D eigenvalue weighted by atomic mass is 32.1. The molecule has 0 spiro atoms. The summed E-state index contributed by atoms with van der Waals surface area (Å²) in [7, 11) is 4.30. The van der Waals surface area contributed by atoms with E-state index in [1.807, 2.05) is 6.20 Å². The number of likely N-dealkylation sites (tertiary alicyclic amines) is 1. The Balaban J connectivity index is 2.03. The molecule has 1 aliphatic heterocycles. The summed E-state index contributed by atoms with van der Waals surface area (Å²) >= 11 is 1.70. The molecule has 1 aliphatic rings. The molecule has 0 aliphatic carbocycles. The third-order valence-corrected chi connectivity index (χ3v) is 4.07. The van der Waals surface area contributed by atoms with Crippen LogP contribution in [0.25, 0.3) is 0 Å². The molecule has 5 heteroatoms. The van der Waals surface area contributed by atoms with Crippen molar-refractivity contribution in [1.29, 1.82) is 0 Å². The maximum atomic E-state index is 5.58. The summed E-state index contributed by atoms with van der Waals surface area (Å²) in [6, 6.07) is 0.603. The Morgan fingerprint density at radius 1 is 1.73 bits per heavy atom. The van der Waals surface area contributed by atoms with Gasteiger partial charge in [-0.3, -0.25) is 0 Å². The quantitative estimate of drug-likeness (QED) is 0.826. The number of hydrogen-bond acceptors (Lipinski definition) is 5. The molecule has 0 radical (unpaired) electrons. The smallest absolute Gasteiger partial charge is 0.185 e. The van der Waals surface area contributed by atoms with Gasteiger partial charge in [-0.25, -0.2) is 4.98 Å². The monoisotopic (exact) mass is 226 g/mol. The molecular formula is C10H18N4S. The number of hydrogen-bond donors (Lipinski definition) is 1. The van der Waals surface area contributed by atoms with Crippen LogP contribution in [0, 0.1) is 0 Å². The molecule has 1 aromatic heterocycles. The molecule has 0 aromatic carbocycles. The molecule has 1 saturated heterocycles. The lowest BCUT2D eigenvalue weighted by atomic mass is 10.2. The van der Waals surface area contributed by atoms with Gasteiger partial charge in [0.15, 0.2) is 5.13 Å². The van der Waals surface area contributed by atoms with Gasteiger partial charge in [-0.1, -0.05) is 0 Å². The fourth-order valence-corrected chi connectivity index (χ4v) is 2.76. The van der Waals surface area contributed by atoms with Crippen LogP contribution in [-0.4, -0.2) is 43.1 Å². The zero-order valence-corrected chi connectivity index (χ0v) is 10.1. The van der Waals surface area contributed by atoms with Crippen molar-refractivity contribution in [2.24, 2.45) is 5.73 Å². The molecular weight excluding hydrogens is 208 g/mol. The summed E-state index contributed by atoms with van der Waals surface area (Å²) < 4.78 is 0. The maximum absolute atomic E-state index is 5.58. The second kappa shape index (κ2) is 4.47. The molecule has 0 saturated carbocycles. The molecule has 1 fully saturated rings. The van der Waals surface area contributed by atoms with E-state index in [2.05, 4.69) is 28.9 Å². The highest BCUT2D eigenvalue weighted by Crippen LogP contribution is 2.25. The van der Waals surface area contributed by atoms with Gasteiger partial charge in [0.2, 0.25) is 0 Å². The molecule has 2 N–H and O–H groups in total. The lowest BCUT2D eigenvalue weighted by Gasteiger charge is -2.23. The van der Waals surface area contributed by atoms with E-state index in [0.29, 0.717) is 12.6 Å². The SMILES string of the molecule is CN1CCC(N(C)c2ncc(CN)s2)C1. The van der Waals surface area contributed by atoms with Gasteiger partial charge in [0.25, 0.3) is 0 Å². The van der Waals surface area contributed by atoms with Crippen LogP contribution < -0.4 is 10.6 Å². The van der Waals surface area contributed by atoms with Crippen LogP contribution in [0.4, 0.5) is 5.13 Å². The first-order valence-electron chi connectivity index (χ1n) is 5.27. The average molecular weight is 226 g/mol.